The van der Waals surface area contributed by atoms with Crippen LogP contribution in [0.3, 0.4) is 0 Å². The van der Waals surface area contributed by atoms with E-state index in [0.29, 0.717) is 0 Å². The van der Waals surface area contributed by atoms with Crippen LogP contribution in [0.15, 0.2) is 61.2 Å². The van der Waals surface area contributed by atoms with Crippen molar-refractivity contribution in [3.05, 3.63) is 77.9 Å². The summed E-state index contributed by atoms with van der Waals surface area (Å²) in [5, 5.41) is 20.6. The second kappa shape index (κ2) is 7.53. The highest BCUT2D eigenvalue weighted by atomic mass is 16.4. The molecule has 0 aliphatic carbocycles. The summed E-state index contributed by atoms with van der Waals surface area (Å²) in [6.45, 7) is 3.63. The van der Waals surface area contributed by atoms with Crippen molar-refractivity contribution in [3.63, 3.8) is 0 Å². The van der Waals surface area contributed by atoms with Crippen molar-refractivity contribution in [2.45, 2.75) is 0 Å². The molecule has 0 saturated heterocycles. The molecule has 102 valence electrons. The van der Waals surface area contributed by atoms with Crippen LogP contribution in [0.25, 0.3) is 6.08 Å². The Balaban J connectivity index is 0.000000217. The fourth-order valence-corrected chi connectivity index (χ4v) is 1.43. The molecule has 0 aromatic heterocycles. The highest BCUT2D eigenvalue weighted by molar-refractivity contribution is 5.99. The maximum absolute atomic E-state index is 10.3. The second-order valence-electron chi connectivity index (χ2n) is 3.74. The quantitative estimate of drug-likeness (QED) is 0.822. The molecule has 0 fully saturated rings. The molecule has 4 heteroatoms. The molecule has 0 radical (unpaired) electrons. The largest absolute Gasteiger partial charge is 0.545 e. The van der Waals surface area contributed by atoms with Crippen LogP contribution in [0.5, 0.6) is 0 Å². The van der Waals surface area contributed by atoms with E-state index in [9.17, 15) is 19.8 Å². The Morgan fingerprint density at radius 1 is 0.800 bits per heavy atom. The van der Waals surface area contributed by atoms with Crippen molar-refractivity contribution in [2.24, 2.45) is 0 Å². The Morgan fingerprint density at radius 2 is 1.20 bits per heavy atom. The molecule has 0 spiro atoms. The predicted molar refractivity (Wildman–Crippen MR) is 71.6 cm³/mol. The van der Waals surface area contributed by atoms with Gasteiger partial charge in [-0.15, -0.1) is 0 Å². The maximum atomic E-state index is 10.3. The zero-order valence-corrected chi connectivity index (χ0v) is 10.6. The van der Waals surface area contributed by atoms with E-state index in [2.05, 4.69) is 6.58 Å². The van der Waals surface area contributed by atoms with E-state index in [1.807, 2.05) is 36.4 Å². The first kappa shape index (κ1) is 15.2. The van der Waals surface area contributed by atoms with E-state index >= 15 is 0 Å². The number of carbonyl (C=O) groups excluding carboxylic acids is 2. The third-order valence-electron chi connectivity index (χ3n) is 2.40. The summed E-state index contributed by atoms with van der Waals surface area (Å²) < 4.78 is 0. The average molecular weight is 268 g/mol. The zero-order valence-electron chi connectivity index (χ0n) is 10.6. The topological polar surface area (TPSA) is 80.3 Å². The van der Waals surface area contributed by atoms with Crippen LogP contribution >= 0.6 is 0 Å². The molecule has 2 aromatic carbocycles. The summed E-state index contributed by atoms with van der Waals surface area (Å²) in [6.07, 6.45) is 1.83. The van der Waals surface area contributed by atoms with E-state index < -0.39 is 11.9 Å². The van der Waals surface area contributed by atoms with Gasteiger partial charge in [0.15, 0.2) is 0 Å². The van der Waals surface area contributed by atoms with Crippen LogP contribution in [0.1, 0.15) is 26.3 Å². The summed E-state index contributed by atoms with van der Waals surface area (Å²) in [7, 11) is 0. The SMILES string of the molecule is C=Cc1ccccc1.O=C([O-])c1ccccc1C(=O)[O-]. The lowest BCUT2D eigenvalue weighted by Gasteiger charge is -2.09. The van der Waals surface area contributed by atoms with E-state index in [4.69, 9.17) is 0 Å². The normalized spacial score (nSPS) is 9.00. The number of benzene rings is 2. The standard InChI is InChI=1S/C8H6O4.C8H8/c9-7(10)5-3-1-2-4-6(5)8(11)12;1-2-8-6-4-3-5-7-8/h1-4H,(H,9,10)(H,11,12);2-7H,1H2/p-2. The molecular weight excluding hydrogens is 256 g/mol. The van der Waals surface area contributed by atoms with Gasteiger partial charge in [-0.2, -0.15) is 0 Å². The van der Waals surface area contributed by atoms with E-state index in [1.165, 1.54) is 17.7 Å². The number of hydrogen-bond acceptors (Lipinski definition) is 4. The lowest BCUT2D eigenvalue weighted by atomic mass is 10.1. The van der Waals surface area contributed by atoms with Crippen LogP contribution in [0.2, 0.25) is 0 Å². The van der Waals surface area contributed by atoms with Crippen molar-refractivity contribution in [1.29, 1.82) is 0 Å². The lowest BCUT2D eigenvalue weighted by Crippen LogP contribution is -2.29. The van der Waals surface area contributed by atoms with Gasteiger partial charge < -0.3 is 19.8 Å². The molecule has 20 heavy (non-hydrogen) atoms. The summed E-state index contributed by atoms with van der Waals surface area (Å²) in [5.74, 6) is -3.04. The third kappa shape index (κ3) is 4.42. The Kier molecular flexibility index (Phi) is 5.72. The molecule has 0 unspecified atom stereocenters. The van der Waals surface area contributed by atoms with Crippen molar-refractivity contribution in [3.8, 4) is 0 Å². The molecule has 0 saturated carbocycles. The Morgan fingerprint density at radius 3 is 1.50 bits per heavy atom. The highest BCUT2D eigenvalue weighted by Gasteiger charge is 2.01. The molecule has 2 aromatic rings. The van der Waals surface area contributed by atoms with Crippen molar-refractivity contribution in [2.75, 3.05) is 0 Å². The fourth-order valence-electron chi connectivity index (χ4n) is 1.43. The fraction of sp³-hybridized carbons (Fsp3) is 0. The summed E-state index contributed by atoms with van der Waals surface area (Å²) in [5.41, 5.74) is 0.447. The van der Waals surface area contributed by atoms with Crippen LogP contribution in [0, 0.1) is 0 Å². The minimum Gasteiger partial charge on any atom is -0.545 e. The first-order chi connectivity index (χ1) is 9.56. The first-order valence-electron chi connectivity index (χ1n) is 5.75. The van der Waals surface area contributed by atoms with E-state index in [1.54, 1.807) is 0 Å². The Labute approximate surface area is 116 Å². The first-order valence-corrected chi connectivity index (χ1v) is 5.75. The molecule has 2 rings (SSSR count). The van der Waals surface area contributed by atoms with Gasteiger partial charge in [0.2, 0.25) is 0 Å². The summed E-state index contributed by atoms with van der Waals surface area (Å²) >= 11 is 0. The molecule has 0 aliphatic heterocycles. The molecule has 0 amide bonds. The van der Waals surface area contributed by atoms with Gasteiger partial charge in [0.05, 0.1) is 11.9 Å². The monoisotopic (exact) mass is 268 g/mol. The van der Waals surface area contributed by atoms with Gasteiger partial charge in [-0.25, -0.2) is 0 Å². The lowest BCUT2D eigenvalue weighted by molar-refractivity contribution is -0.259. The van der Waals surface area contributed by atoms with Crippen molar-refractivity contribution >= 4 is 18.0 Å². The third-order valence-corrected chi connectivity index (χ3v) is 2.40. The number of aromatic carboxylic acids is 2. The molecule has 4 nitrogen and oxygen atoms in total. The van der Waals surface area contributed by atoms with Crippen LogP contribution in [0.4, 0.5) is 0 Å². The number of rotatable bonds is 3. The zero-order chi connectivity index (χ0) is 15.0. The average Bonchev–Trinajstić information content (AvgIpc) is 2.48. The molecule has 0 aliphatic rings. The van der Waals surface area contributed by atoms with Crippen molar-refractivity contribution in [1.82, 2.24) is 0 Å². The van der Waals surface area contributed by atoms with Gasteiger partial charge in [0, 0.05) is 11.1 Å². The van der Waals surface area contributed by atoms with Gasteiger partial charge in [-0.05, 0) is 5.56 Å². The van der Waals surface area contributed by atoms with Crippen molar-refractivity contribution < 1.29 is 19.8 Å². The number of carboxylic acids is 2. The number of carboxylic acid groups (broad SMARTS) is 2. The predicted octanol–water partition coefficient (Wildman–Crippen LogP) is 0.743. The van der Waals surface area contributed by atoms with Crippen LogP contribution in [-0.4, -0.2) is 11.9 Å². The summed E-state index contributed by atoms with van der Waals surface area (Å²) in [4.78, 5) is 20.6. The van der Waals surface area contributed by atoms with E-state index in [-0.39, 0.29) is 11.1 Å². The molecular formula is C16H12O4-2. The van der Waals surface area contributed by atoms with Gasteiger partial charge >= 0.3 is 0 Å². The van der Waals surface area contributed by atoms with Gasteiger partial charge in [-0.3, -0.25) is 0 Å². The van der Waals surface area contributed by atoms with Gasteiger partial charge in [-0.1, -0.05) is 67.3 Å². The summed E-state index contributed by atoms with van der Waals surface area (Å²) in [6, 6.07) is 15.2. The second-order valence-corrected chi connectivity index (χ2v) is 3.74. The molecule has 0 bridgehead atoms. The number of hydrogen-bond donors (Lipinski definition) is 0. The Hall–Kier alpha value is -2.88. The maximum Gasteiger partial charge on any atom is 0.0721 e. The Bertz CT molecular complexity index is 570. The van der Waals surface area contributed by atoms with Crippen LogP contribution in [-0.2, 0) is 0 Å². The molecule has 0 atom stereocenters. The molecule has 0 N–H and O–H groups in total. The minimum absolute atomic E-state index is 0.363. The van der Waals surface area contributed by atoms with Gasteiger partial charge in [0.25, 0.3) is 0 Å². The van der Waals surface area contributed by atoms with Crippen LogP contribution < -0.4 is 10.2 Å². The van der Waals surface area contributed by atoms with Gasteiger partial charge in [0.1, 0.15) is 0 Å². The smallest absolute Gasteiger partial charge is 0.0721 e. The number of carbonyl (C=O) groups is 2. The highest BCUT2D eigenvalue weighted by Crippen LogP contribution is 2.05. The minimum atomic E-state index is -1.52. The molecule has 0 heterocycles. The van der Waals surface area contributed by atoms with E-state index in [0.717, 1.165) is 12.1 Å².